The molecular weight excluding hydrogens is 252 g/mol. The molecule has 4 heteroatoms. The zero-order chi connectivity index (χ0) is 14.8. The normalized spacial score (nSPS) is 18.1. The standard InChI is InChI=1S/C16H26N2O2/c1-16(2,17)12-5-6-14(19-4)15(11-12)20-13-7-9-18(3)10-8-13/h5-6,11,13H,7-10,17H2,1-4H3. The van der Waals surface area contributed by atoms with E-state index in [1.165, 1.54) is 0 Å². The van der Waals surface area contributed by atoms with Crippen LogP contribution in [-0.2, 0) is 5.54 Å². The molecule has 4 nitrogen and oxygen atoms in total. The van der Waals surface area contributed by atoms with E-state index in [2.05, 4.69) is 11.9 Å². The van der Waals surface area contributed by atoms with Crippen LogP contribution >= 0.6 is 0 Å². The number of piperidine rings is 1. The van der Waals surface area contributed by atoms with Crippen LogP contribution in [-0.4, -0.2) is 38.3 Å². The number of benzene rings is 1. The van der Waals surface area contributed by atoms with Crippen LogP contribution in [0.4, 0.5) is 0 Å². The second kappa shape index (κ2) is 6.02. The molecule has 1 aliphatic heterocycles. The summed E-state index contributed by atoms with van der Waals surface area (Å²) in [4.78, 5) is 2.33. The van der Waals surface area contributed by atoms with Crippen LogP contribution < -0.4 is 15.2 Å². The first-order chi connectivity index (χ1) is 9.40. The summed E-state index contributed by atoms with van der Waals surface area (Å²) in [7, 11) is 3.82. The highest BCUT2D eigenvalue weighted by atomic mass is 16.5. The van der Waals surface area contributed by atoms with Crippen molar-refractivity contribution in [3.63, 3.8) is 0 Å². The van der Waals surface area contributed by atoms with Gasteiger partial charge < -0.3 is 20.1 Å². The van der Waals surface area contributed by atoms with Crippen molar-refractivity contribution in [2.75, 3.05) is 27.2 Å². The Hall–Kier alpha value is -1.26. The second-order valence-corrected chi connectivity index (χ2v) is 6.21. The van der Waals surface area contributed by atoms with Crippen molar-refractivity contribution in [1.82, 2.24) is 4.90 Å². The van der Waals surface area contributed by atoms with E-state index < -0.39 is 0 Å². The SMILES string of the molecule is COc1ccc(C(C)(C)N)cc1OC1CCN(C)CC1. The lowest BCUT2D eigenvalue weighted by Gasteiger charge is -2.30. The van der Waals surface area contributed by atoms with Gasteiger partial charge in [-0.2, -0.15) is 0 Å². The van der Waals surface area contributed by atoms with E-state index in [1.807, 2.05) is 32.0 Å². The third kappa shape index (κ3) is 3.64. The zero-order valence-electron chi connectivity index (χ0n) is 13.0. The second-order valence-electron chi connectivity index (χ2n) is 6.21. The number of methoxy groups -OCH3 is 1. The van der Waals surface area contributed by atoms with Gasteiger partial charge in [-0.25, -0.2) is 0 Å². The van der Waals surface area contributed by atoms with E-state index in [0.717, 1.165) is 43.0 Å². The van der Waals surface area contributed by atoms with Crippen LogP contribution in [0.5, 0.6) is 11.5 Å². The Morgan fingerprint density at radius 2 is 1.85 bits per heavy atom. The van der Waals surface area contributed by atoms with Gasteiger partial charge in [-0.15, -0.1) is 0 Å². The van der Waals surface area contributed by atoms with Crippen molar-refractivity contribution in [3.8, 4) is 11.5 Å². The Kier molecular flexibility index (Phi) is 4.55. The van der Waals surface area contributed by atoms with Crippen LogP contribution in [0, 0.1) is 0 Å². The first-order valence-electron chi connectivity index (χ1n) is 7.23. The fourth-order valence-corrected chi connectivity index (χ4v) is 2.45. The summed E-state index contributed by atoms with van der Waals surface area (Å²) < 4.78 is 11.6. The number of nitrogens with zero attached hydrogens (tertiary/aromatic N) is 1. The zero-order valence-corrected chi connectivity index (χ0v) is 13.0. The fraction of sp³-hybridized carbons (Fsp3) is 0.625. The third-order valence-corrected chi connectivity index (χ3v) is 3.87. The minimum Gasteiger partial charge on any atom is -0.493 e. The number of likely N-dealkylation sites (tertiary alicyclic amines) is 1. The van der Waals surface area contributed by atoms with Crippen molar-refractivity contribution >= 4 is 0 Å². The Morgan fingerprint density at radius 1 is 1.20 bits per heavy atom. The van der Waals surface area contributed by atoms with Gasteiger partial charge in [-0.1, -0.05) is 6.07 Å². The van der Waals surface area contributed by atoms with Crippen LogP contribution in [0.15, 0.2) is 18.2 Å². The highest BCUT2D eigenvalue weighted by molar-refractivity contribution is 5.44. The summed E-state index contributed by atoms with van der Waals surface area (Å²) in [5.41, 5.74) is 6.84. The average molecular weight is 278 g/mol. The summed E-state index contributed by atoms with van der Waals surface area (Å²) in [5, 5.41) is 0. The highest BCUT2D eigenvalue weighted by Crippen LogP contribution is 2.33. The van der Waals surface area contributed by atoms with Crippen molar-refractivity contribution in [1.29, 1.82) is 0 Å². The molecule has 2 N–H and O–H groups in total. The Balaban J connectivity index is 2.16. The Labute approximate surface area is 121 Å². The van der Waals surface area contributed by atoms with Crippen LogP contribution in [0.25, 0.3) is 0 Å². The Bertz CT molecular complexity index is 446. The molecule has 1 aromatic carbocycles. The largest absolute Gasteiger partial charge is 0.493 e. The van der Waals surface area contributed by atoms with Crippen molar-refractivity contribution in [2.45, 2.75) is 38.3 Å². The minimum absolute atomic E-state index is 0.260. The molecule has 1 saturated heterocycles. The molecule has 0 unspecified atom stereocenters. The molecule has 1 aromatic rings. The molecule has 0 aromatic heterocycles. The third-order valence-electron chi connectivity index (χ3n) is 3.87. The van der Waals surface area contributed by atoms with Crippen LogP contribution in [0.1, 0.15) is 32.3 Å². The first-order valence-corrected chi connectivity index (χ1v) is 7.23. The highest BCUT2D eigenvalue weighted by Gasteiger charge is 2.21. The van der Waals surface area contributed by atoms with Gasteiger partial charge in [0.2, 0.25) is 0 Å². The quantitative estimate of drug-likeness (QED) is 0.918. The molecule has 0 aliphatic carbocycles. The number of hydrogen-bond donors (Lipinski definition) is 1. The molecule has 0 radical (unpaired) electrons. The summed E-state index contributed by atoms with van der Waals surface area (Å²) >= 11 is 0. The molecule has 1 aliphatic rings. The molecule has 1 heterocycles. The molecule has 0 amide bonds. The molecule has 2 rings (SSSR count). The van der Waals surface area contributed by atoms with Gasteiger partial charge in [0.05, 0.1) is 7.11 Å². The summed E-state index contributed by atoms with van der Waals surface area (Å²) in [6, 6.07) is 5.95. The van der Waals surface area contributed by atoms with Gasteiger partial charge in [0.25, 0.3) is 0 Å². The minimum atomic E-state index is -0.378. The topological polar surface area (TPSA) is 47.7 Å². The van der Waals surface area contributed by atoms with E-state index in [4.69, 9.17) is 15.2 Å². The predicted molar refractivity (Wildman–Crippen MR) is 81.4 cm³/mol. The van der Waals surface area contributed by atoms with Gasteiger partial charge in [0, 0.05) is 18.6 Å². The molecular formula is C16H26N2O2. The summed E-state index contributed by atoms with van der Waals surface area (Å²) in [5.74, 6) is 1.58. The van der Waals surface area contributed by atoms with Gasteiger partial charge >= 0.3 is 0 Å². The number of nitrogens with two attached hydrogens (primary N) is 1. The van der Waals surface area contributed by atoms with Crippen LogP contribution in [0.2, 0.25) is 0 Å². The molecule has 0 saturated carbocycles. The van der Waals surface area contributed by atoms with Gasteiger partial charge in [-0.05, 0) is 51.4 Å². The van der Waals surface area contributed by atoms with E-state index in [9.17, 15) is 0 Å². The summed E-state index contributed by atoms with van der Waals surface area (Å²) in [6.07, 6.45) is 2.36. The molecule has 112 valence electrons. The van der Waals surface area contributed by atoms with Crippen LogP contribution in [0.3, 0.4) is 0 Å². The molecule has 1 fully saturated rings. The van der Waals surface area contributed by atoms with E-state index >= 15 is 0 Å². The maximum absolute atomic E-state index is 6.17. The lowest BCUT2D eigenvalue weighted by molar-refractivity contribution is 0.111. The fourth-order valence-electron chi connectivity index (χ4n) is 2.45. The van der Waals surface area contributed by atoms with Gasteiger partial charge in [0.1, 0.15) is 6.10 Å². The number of rotatable bonds is 4. The first kappa shape index (κ1) is 15.1. The van der Waals surface area contributed by atoms with Gasteiger partial charge in [0.15, 0.2) is 11.5 Å². The lowest BCUT2D eigenvalue weighted by Crippen LogP contribution is -2.35. The summed E-state index contributed by atoms with van der Waals surface area (Å²) in [6.45, 7) is 6.15. The molecule has 20 heavy (non-hydrogen) atoms. The van der Waals surface area contributed by atoms with E-state index in [1.54, 1.807) is 7.11 Å². The molecule has 0 atom stereocenters. The lowest BCUT2D eigenvalue weighted by atomic mass is 9.95. The average Bonchev–Trinajstić information content (AvgIpc) is 2.40. The Morgan fingerprint density at radius 3 is 2.40 bits per heavy atom. The van der Waals surface area contributed by atoms with E-state index in [0.29, 0.717) is 0 Å². The number of ether oxygens (including phenoxy) is 2. The molecule has 0 spiro atoms. The van der Waals surface area contributed by atoms with E-state index in [-0.39, 0.29) is 11.6 Å². The predicted octanol–water partition coefficient (Wildman–Crippen LogP) is 2.36. The van der Waals surface area contributed by atoms with Crippen molar-refractivity contribution in [2.24, 2.45) is 5.73 Å². The maximum atomic E-state index is 6.17. The number of hydrogen-bond acceptors (Lipinski definition) is 4. The van der Waals surface area contributed by atoms with Gasteiger partial charge in [-0.3, -0.25) is 0 Å². The monoisotopic (exact) mass is 278 g/mol. The smallest absolute Gasteiger partial charge is 0.161 e. The maximum Gasteiger partial charge on any atom is 0.161 e. The van der Waals surface area contributed by atoms with Crippen molar-refractivity contribution < 1.29 is 9.47 Å². The van der Waals surface area contributed by atoms with Crippen molar-refractivity contribution in [3.05, 3.63) is 23.8 Å². The molecule has 0 bridgehead atoms.